The van der Waals surface area contributed by atoms with Gasteiger partial charge in [-0.3, -0.25) is 0 Å². The van der Waals surface area contributed by atoms with Crippen LogP contribution in [0.5, 0.6) is 0 Å². The summed E-state index contributed by atoms with van der Waals surface area (Å²) >= 11 is 0. The van der Waals surface area contributed by atoms with Gasteiger partial charge in [0.25, 0.3) is 0 Å². The van der Waals surface area contributed by atoms with Crippen molar-refractivity contribution in [2.75, 3.05) is 0 Å². The van der Waals surface area contributed by atoms with Crippen molar-refractivity contribution in [1.82, 2.24) is 0 Å². The Morgan fingerprint density at radius 1 is 1.33 bits per heavy atom. The number of rotatable bonds is 2. The molecule has 0 amide bonds. The lowest BCUT2D eigenvalue weighted by atomic mass is 9.89. The SMILES string of the molecule is CC(C)(O)C=CB(O)O. The van der Waals surface area contributed by atoms with Crippen LogP contribution in [0.15, 0.2) is 12.1 Å². The van der Waals surface area contributed by atoms with Gasteiger partial charge in [0, 0.05) is 0 Å². The molecule has 0 aliphatic heterocycles. The first-order valence-corrected chi connectivity index (χ1v) is 2.70. The van der Waals surface area contributed by atoms with E-state index in [2.05, 4.69) is 0 Å². The van der Waals surface area contributed by atoms with E-state index in [1.54, 1.807) is 13.8 Å². The van der Waals surface area contributed by atoms with Crippen LogP contribution in [0.4, 0.5) is 0 Å². The molecule has 52 valence electrons. The van der Waals surface area contributed by atoms with Gasteiger partial charge in [-0.15, -0.1) is 0 Å². The molecule has 0 bridgehead atoms. The van der Waals surface area contributed by atoms with Gasteiger partial charge in [-0.2, -0.15) is 0 Å². The molecule has 0 aliphatic carbocycles. The first-order chi connectivity index (χ1) is 3.92. The van der Waals surface area contributed by atoms with Crippen molar-refractivity contribution in [2.45, 2.75) is 19.4 Å². The predicted octanol–water partition coefficient (Wildman–Crippen LogP) is -0.675. The van der Waals surface area contributed by atoms with E-state index >= 15 is 0 Å². The van der Waals surface area contributed by atoms with Crippen LogP contribution in [0.3, 0.4) is 0 Å². The maximum absolute atomic E-state index is 8.96. The van der Waals surface area contributed by atoms with Crippen molar-refractivity contribution in [3.05, 3.63) is 12.1 Å². The van der Waals surface area contributed by atoms with E-state index in [9.17, 15) is 0 Å². The Kier molecular flexibility index (Phi) is 2.90. The summed E-state index contributed by atoms with van der Waals surface area (Å²) in [5, 5.41) is 25.5. The Morgan fingerprint density at radius 3 is 1.89 bits per heavy atom. The van der Waals surface area contributed by atoms with Crippen LogP contribution < -0.4 is 0 Å². The van der Waals surface area contributed by atoms with Crippen molar-refractivity contribution >= 4 is 7.12 Å². The van der Waals surface area contributed by atoms with Gasteiger partial charge in [-0.1, -0.05) is 12.1 Å². The van der Waals surface area contributed by atoms with Crippen LogP contribution in [-0.2, 0) is 0 Å². The molecule has 0 aliphatic rings. The second-order valence-electron chi connectivity index (χ2n) is 2.43. The maximum Gasteiger partial charge on any atom is 0.480 e. The van der Waals surface area contributed by atoms with Crippen molar-refractivity contribution in [2.24, 2.45) is 0 Å². The third-order valence-electron chi connectivity index (χ3n) is 0.676. The highest BCUT2D eigenvalue weighted by Gasteiger charge is 2.08. The van der Waals surface area contributed by atoms with Crippen LogP contribution in [0.1, 0.15) is 13.8 Å². The van der Waals surface area contributed by atoms with Gasteiger partial charge >= 0.3 is 7.12 Å². The Morgan fingerprint density at radius 2 is 1.78 bits per heavy atom. The summed E-state index contributed by atoms with van der Waals surface area (Å²) in [7, 11) is -1.48. The van der Waals surface area contributed by atoms with Gasteiger partial charge in [0.2, 0.25) is 0 Å². The van der Waals surface area contributed by atoms with E-state index in [4.69, 9.17) is 15.2 Å². The lowest BCUT2D eigenvalue weighted by Crippen LogP contribution is -2.16. The molecule has 0 aromatic heterocycles. The van der Waals surface area contributed by atoms with Crippen molar-refractivity contribution in [3.8, 4) is 0 Å². The minimum absolute atomic E-state index is 0.969. The molecule has 9 heavy (non-hydrogen) atoms. The predicted molar refractivity (Wildman–Crippen MR) is 35.6 cm³/mol. The van der Waals surface area contributed by atoms with Gasteiger partial charge in [0.15, 0.2) is 0 Å². The van der Waals surface area contributed by atoms with E-state index in [-0.39, 0.29) is 0 Å². The largest absolute Gasteiger partial charge is 0.480 e. The van der Waals surface area contributed by atoms with Crippen LogP contribution in [0.2, 0.25) is 0 Å². The molecule has 0 rings (SSSR count). The molecule has 0 fully saturated rings. The molecule has 4 heteroatoms. The summed E-state index contributed by atoms with van der Waals surface area (Å²) in [5.74, 6) is 1.11. The van der Waals surface area contributed by atoms with E-state index in [1.165, 1.54) is 6.08 Å². The molecule has 3 nitrogen and oxygen atoms in total. The van der Waals surface area contributed by atoms with Gasteiger partial charge in [-0.05, 0) is 13.8 Å². The molecule has 0 heterocycles. The standard InChI is InChI=1S/C5H11BO3/c1-5(2,7)3-4-6(8)9/h3-4,7-9H,1-2H3. The van der Waals surface area contributed by atoms with E-state index in [1.807, 2.05) is 0 Å². The molecule has 0 aromatic carbocycles. The smallest absolute Gasteiger partial charge is 0.424 e. The number of hydrogen-bond donors (Lipinski definition) is 3. The lowest BCUT2D eigenvalue weighted by molar-refractivity contribution is 0.133. The number of hydrogen-bond acceptors (Lipinski definition) is 3. The first kappa shape index (κ1) is 8.68. The lowest BCUT2D eigenvalue weighted by Gasteiger charge is -2.09. The topological polar surface area (TPSA) is 60.7 Å². The Bertz CT molecular complexity index is 103. The van der Waals surface area contributed by atoms with Gasteiger partial charge in [0.1, 0.15) is 0 Å². The summed E-state index contributed by atoms with van der Waals surface area (Å²) in [4.78, 5) is 0. The minimum atomic E-state index is -1.48. The van der Waals surface area contributed by atoms with Gasteiger partial charge < -0.3 is 15.2 Å². The molecule has 0 saturated heterocycles. The molecule has 0 atom stereocenters. The van der Waals surface area contributed by atoms with Crippen molar-refractivity contribution in [3.63, 3.8) is 0 Å². The molecule has 0 spiro atoms. The fraction of sp³-hybridized carbons (Fsp3) is 0.600. The average molecular weight is 130 g/mol. The zero-order valence-electron chi connectivity index (χ0n) is 5.57. The summed E-state index contributed by atoms with van der Waals surface area (Å²) in [6.07, 6.45) is 1.32. The number of aliphatic hydroxyl groups is 1. The summed E-state index contributed by atoms with van der Waals surface area (Å²) in [6, 6.07) is 0. The Hall–Kier alpha value is -0.315. The highest BCUT2D eigenvalue weighted by molar-refractivity contribution is 6.47. The molecular formula is C5H11BO3. The van der Waals surface area contributed by atoms with Crippen LogP contribution in [-0.4, -0.2) is 27.9 Å². The Balaban J connectivity index is 3.71. The molecular weight excluding hydrogens is 119 g/mol. The van der Waals surface area contributed by atoms with Crippen molar-refractivity contribution in [1.29, 1.82) is 0 Å². The fourth-order valence-corrected chi connectivity index (χ4v) is 0.322. The zero-order valence-corrected chi connectivity index (χ0v) is 5.57. The van der Waals surface area contributed by atoms with Crippen molar-refractivity contribution < 1.29 is 15.2 Å². The van der Waals surface area contributed by atoms with Gasteiger partial charge in [-0.25, -0.2) is 0 Å². The third kappa shape index (κ3) is 7.68. The van der Waals surface area contributed by atoms with E-state index in [0.717, 1.165) is 5.98 Å². The zero-order chi connectivity index (χ0) is 7.49. The molecule has 0 saturated carbocycles. The highest BCUT2D eigenvalue weighted by Crippen LogP contribution is 2.01. The molecule has 0 aromatic rings. The summed E-state index contributed by atoms with van der Waals surface area (Å²) in [6.45, 7) is 3.10. The van der Waals surface area contributed by atoms with Crippen LogP contribution in [0.25, 0.3) is 0 Å². The summed E-state index contributed by atoms with van der Waals surface area (Å²) in [5.41, 5.74) is -0.969. The third-order valence-corrected chi connectivity index (χ3v) is 0.676. The molecule has 0 unspecified atom stereocenters. The highest BCUT2D eigenvalue weighted by atomic mass is 16.4. The quantitative estimate of drug-likeness (QED) is 0.434. The average Bonchev–Trinajstić information content (AvgIpc) is 1.59. The maximum atomic E-state index is 8.96. The second-order valence-corrected chi connectivity index (χ2v) is 2.43. The fourth-order valence-electron chi connectivity index (χ4n) is 0.322. The Labute approximate surface area is 54.8 Å². The molecule has 3 N–H and O–H groups in total. The normalized spacial score (nSPS) is 12.6. The monoisotopic (exact) mass is 130 g/mol. The first-order valence-electron chi connectivity index (χ1n) is 2.70. The van der Waals surface area contributed by atoms with Gasteiger partial charge in [0.05, 0.1) is 5.60 Å². The van der Waals surface area contributed by atoms with Crippen LogP contribution >= 0.6 is 0 Å². The summed E-state index contributed by atoms with van der Waals surface area (Å²) < 4.78 is 0. The van der Waals surface area contributed by atoms with Crippen LogP contribution in [0, 0.1) is 0 Å². The molecule has 0 radical (unpaired) electrons. The second kappa shape index (κ2) is 3.01. The van der Waals surface area contributed by atoms with E-state index < -0.39 is 12.7 Å². The van der Waals surface area contributed by atoms with E-state index in [0.29, 0.717) is 0 Å². The minimum Gasteiger partial charge on any atom is -0.424 e.